The topological polar surface area (TPSA) is 26.3 Å². The number of benzene rings is 1. The molecule has 2 nitrogen and oxygen atoms in total. The first-order valence-corrected chi connectivity index (χ1v) is 5.71. The average Bonchev–Trinajstić information content (AvgIpc) is 2.35. The molecule has 1 aromatic carbocycles. The molecule has 0 bridgehead atoms. The Morgan fingerprint density at radius 3 is 2.69 bits per heavy atom. The molecule has 16 heavy (non-hydrogen) atoms. The van der Waals surface area contributed by atoms with Crippen LogP contribution in [0, 0.1) is 0 Å². The van der Waals surface area contributed by atoms with Crippen LogP contribution >= 0.6 is 11.6 Å². The molecule has 0 amide bonds. The summed E-state index contributed by atoms with van der Waals surface area (Å²) in [6.07, 6.45) is 2.96. The lowest BCUT2D eigenvalue weighted by atomic mass is 10.1. The molecule has 3 heteroatoms. The highest BCUT2D eigenvalue weighted by Crippen LogP contribution is 2.08. The summed E-state index contributed by atoms with van der Waals surface area (Å²) in [4.78, 5) is 11.0. The van der Waals surface area contributed by atoms with E-state index in [9.17, 15) is 4.79 Å². The predicted molar refractivity (Wildman–Crippen MR) is 65.6 cm³/mol. The second kappa shape index (κ2) is 7.07. The summed E-state index contributed by atoms with van der Waals surface area (Å²) in [6, 6.07) is 10.0. The van der Waals surface area contributed by atoms with Gasteiger partial charge in [-0.3, -0.25) is 4.79 Å². The van der Waals surface area contributed by atoms with Crippen molar-refractivity contribution < 1.29 is 9.53 Å². The van der Waals surface area contributed by atoms with Crippen LogP contribution in [0.3, 0.4) is 0 Å². The first-order chi connectivity index (χ1) is 7.76. The number of ether oxygens (including phenoxy) is 1. The second-order valence-corrected chi connectivity index (χ2v) is 3.69. The number of halogens is 1. The van der Waals surface area contributed by atoms with Crippen molar-refractivity contribution in [3.05, 3.63) is 48.6 Å². The van der Waals surface area contributed by atoms with Crippen LogP contribution in [0.5, 0.6) is 0 Å². The van der Waals surface area contributed by atoms with Gasteiger partial charge in [-0.1, -0.05) is 43.0 Å². The van der Waals surface area contributed by atoms with Gasteiger partial charge in [0.1, 0.15) is 12.0 Å². The minimum absolute atomic E-state index is 0.115. The maximum atomic E-state index is 11.0. The maximum Gasteiger partial charge on any atom is 0.321 e. The van der Waals surface area contributed by atoms with E-state index in [1.807, 2.05) is 30.3 Å². The van der Waals surface area contributed by atoms with Crippen molar-refractivity contribution in [3.63, 3.8) is 0 Å². The van der Waals surface area contributed by atoms with Gasteiger partial charge in [0.25, 0.3) is 0 Å². The number of aryl methyl sites for hydroxylation is 1. The minimum atomic E-state index is -0.403. The summed E-state index contributed by atoms with van der Waals surface area (Å²) in [7, 11) is 0. The number of carbonyl (C=O) groups is 1. The highest BCUT2D eigenvalue weighted by molar-refractivity contribution is 6.26. The van der Waals surface area contributed by atoms with E-state index < -0.39 is 5.97 Å². The number of esters is 1. The monoisotopic (exact) mass is 238 g/mol. The lowest BCUT2D eigenvalue weighted by molar-refractivity contribution is -0.143. The third kappa shape index (κ3) is 4.49. The maximum absolute atomic E-state index is 11.0. The molecule has 0 unspecified atom stereocenters. The molecule has 0 saturated carbocycles. The van der Waals surface area contributed by atoms with E-state index in [1.54, 1.807) is 6.08 Å². The van der Waals surface area contributed by atoms with Crippen LogP contribution in [0.4, 0.5) is 0 Å². The average molecular weight is 239 g/mol. The van der Waals surface area contributed by atoms with E-state index in [2.05, 4.69) is 6.58 Å². The Hall–Kier alpha value is -1.28. The molecule has 0 fully saturated rings. The van der Waals surface area contributed by atoms with Crippen LogP contribution in [0.25, 0.3) is 0 Å². The highest BCUT2D eigenvalue weighted by atomic mass is 35.5. The van der Waals surface area contributed by atoms with Crippen LogP contribution < -0.4 is 0 Å². The molecule has 1 rings (SSSR count). The Balaban J connectivity index is 2.40. The molecule has 0 aliphatic rings. The van der Waals surface area contributed by atoms with Gasteiger partial charge in [-0.25, -0.2) is 0 Å². The SMILES string of the molecule is C=C[C@@H](CCc1ccccc1)OC(=O)CCl. The summed E-state index contributed by atoms with van der Waals surface area (Å²) in [5.41, 5.74) is 1.22. The molecule has 0 aromatic heterocycles. The van der Waals surface area contributed by atoms with Crippen molar-refractivity contribution in [2.24, 2.45) is 0 Å². The van der Waals surface area contributed by atoms with Crippen molar-refractivity contribution in [2.75, 3.05) is 5.88 Å². The van der Waals surface area contributed by atoms with Crippen molar-refractivity contribution in [3.8, 4) is 0 Å². The first-order valence-electron chi connectivity index (χ1n) is 5.18. The van der Waals surface area contributed by atoms with Gasteiger partial charge in [-0.05, 0) is 18.4 Å². The molecule has 0 aliphatic carbocycles. The summed E-state index contributed by atoms with van der Waals surface area (Å²) in [5, 5.41) is 0. The molecule has 1 atom stereocenters. The highest BCUT2D eigenvalue weighted by Gasteiger charge is 2.09. The summed E-state index contributed by atoms with van der Waals surface area (Å²) in [5.74, 6) is -0.519. The molecule has 0 radical (unpaired) electrons. The van der Waals surface area contributed by atoms with Crippen LogP contribution in [0.2, 0.25) is 0 Å². The quantitative estimate of drug-likeness (QED) is 0.433. The van der Waals surface area contributed by atoms with Crippen LogP contribution in [0.15, 0.2) is 43.0 Å². The fraction of sp³-hybridized carbons (Fsp3) is 0.308. The fourth-order valence-corrected chi connectivity index (χ4v) is 1.44. The molecule has 0 saturated heterocycles. The van der Waals surface area contributed by atoms with Crippen molar-refractivity contribution in [1.82, 2.24) is 0 Å². The third-order valence-corrected chi connectivity index (χ3v) is 2.43. The molecular formula is C13H15ClO2. The van der Waals surface area contributed by atoms with E-state index in [4.69, 9.17) is 16.3 Å². The van der Waals surface area contributed by atoms with Crippen molar-refractivity contribution in [1.29, 1.82) is 0 Å². The molecule has 0 spiro atoms. The van der Waals surface area contributed by atoms with Gasteiger partial charge in [0.2, 0.25) is 0 Å². The number of alkyl halides is 1. The summed E-state index contributed by atoms with van der Waals surface area (Å²) < 4.78 is 5.08. The summed E-state index contributed by atoms with van der Waals surface area (Å²) >= 11 is 5.36. The normalized spacial score (nSPS) is 11.8. The molecule has 0 heterocycles. The van der Waals surface area contributed by atoms with Gasteiger partial charge >= 0.3 is 5.97 Å². The fourth-order valence-electron chi connectivity index (χ4n) is 1.38. The lowest BCUT2D eigenvalue weighted by Crippen LogP contribution is -2.17. The van der Waals surface area contributed by atoms with E-state index in [-0.39, 0.29) is 12.0 Å². The van der Waals surface area contributed by atoms with Gasteiger partial charge in [-0.2, -0.15) is 0 Å². The molecule has 86 valence electrons. The van der Waals surface area contributed by atoms with Gasteiger partial charge in [0, 0.05) is 0 Å². The minimum Gasteiger partial charge on any atom is -0.457 e. The largest absolute Gasteiger partial charge is 0.457 e. The predicted octanol–water partition coefficient (Wildman–Crippen LogP) is 2.96. The first kappa shape index (κ1) is 12.8. The number of rotatable bonds is 6. The van der Waals surface area contributed by atoms with Gasteiger partial charge in [0.05, 0.1) is 0 Å². The Morgan fingerprint density at radius 2 is 2.12 bits per heavy atom. The van der Waals surface area contributed by atoms with Gasteiger partial charge in [-0.15, -0.1) is 11.6 Å². The molecule has 0 N–H and O–H groups in total. The Bertz CT molecular complexity index is 335. The van der Waals surface area contributed by atoms with Crippen LogP contribution in [-0.4, -0.2) is 18.0 Å². The molecule has 0 aliphatic heterocycles. The Labute approximate surface area is 101 Å². The zero-order valence-corrected chi connectivity index (χ0v) is 9.82. The van der Waals surface area contributed by atoms with E-state index in [0.29, 0.717) is 0 Å². The molecule has 1 aromatic rings. The van der Waals surface area contributed by atoms with Crippen LogP contribution in [-0.2, 0) is 16.0 Å². The van der Waals surface area contributed by atoms with Crippen molar-refractivity contribution >= 4 is 17.6 Å². The number of hydrogen-bond acceptors (Lipinski definition) is 2. The van der Waals surface area contributed by atoms with E-state index in [0.717, 1.165) is 12.8 Å². The second-order valence-electron chi connectivity index (χ2n) is 3.42. The van der Waals surface area contributed by atoms with Gasteiger partial charge in [0.15, 0.2) is 0 Å². The summed E-state index contributed by atoms with van der Waals surface area (Å²) in [6.45, 7) is 3.64. The zero-order chi connectivity index (χ0) is 11.8. The Kier molecular flexibility index (Phi) is 5.65. The Morgan fingerprint density at radius 1 is 1.44 bits per heavy atom. The van der Waals surface area contributed by atoms with Gasteiger partial charge < -0.3 is 4.74 Å². The van der Waals surface area contributed by atoms with E-state index >= 15 is 0 Å². The van der Waals surface area contributed by atoms with Crippen LogP contribution in [0.1, 0.15) is 12.0 Å². The lowest BCUT2D eigenvalue weighted by Gasteiger charge is -2.12. The number of hydrogen-bond donors (Lipinski definition) is 0. The molecular weight excluding hydrogens is 224 g/mol. The van der Waals surface area contributed by atoms with Crippen molar-refractivity contribution in [2.45, 2.75) is 18.9 Å². The standard InChI is InChI=1S/C13H15ClO2/c1-2-12(16-13(15)10-14)9-8-11-6-4-3-5-7-11/h2-7,12H,1,8-10H2/t12-/m0/s1. The van der Waals surface area contributed by atoms with E-state index in [1.165, 1.54) is 5.56 Å². The zero-order valence-electron chi connectivity index (χ0n) is 9.06. The third-order valence-electron chi connectivity index (χ3n) is 2.22. The number of carbonyl (C=O) groups excluding carboxylic acids is 1. The smallest absolute Gasteiger partial charge is 0.321 e.